The second kappa shape index (κ2) is 15.5. The fraction of sp³-hybridized carbons (Fsp3) is 0.283. The molecule has 0 N–H and O–H groups in total. The molecule has 2 heterocycles. The fourth-order valence-electron chi connectivity index (χ4n) is 7.30. The van der Waals surface area contributed by atoms with Gasteiger partial charge in [-0.2, -0.15) is 10.2 Å². The van der Waals surface area contributed by atoms with Gasteiger partial charge in [0.2, 0.25) is 5.72 Å². The van der Waals surface area contributed by atoms with E-state index in [1.807, 2.05) is 54.6 Å². The third kappa shape index (κ3) is 7.47. The maximum atomic E-state index is 12.9. The largest absolute Gasteiger partial charge is 0.494 e. The quantitative estimate of drug-likeness (QED) is 0.0528. The zero-order valence-corrected chi connectivity index (χ0v) is 31.0. The predicted octanol–water partition coefficient (Wildman–Crippen LogP) is 12.3. The fourth-order valence-corrected chi connectivity index (χ4v) is 7.30. The maximum absolute atomic E-state index is 12.9. The first-order valence-electron chi connectivity index (χ1n) is 18.7. The molecule has 1 atom stereocenters. The van der Waals surface area contributed by atoms with Gasteiger partial charge in [0.1, 0.15) is 17.2 Å². The Morgan fingerprint density at radius 2 is 1.38 bits per heavy atom. The molecule has 7 heteroatoms. The number of rotatable bonds is 13. The number of para-hydroxylation sites is 1. The summed E-state index contributed by atoms with van der Waals surface area (Å²) in [5.74, 6) is 1.69. The molecule has 0 saturated carbocycles. The number of azo groups is 1. The monoisotopic (exact) mass is 705 g/mol. The number of esters is 1. The first-order valence-corrected chi connectivity index (χ1v) is 18.7. The van der Waals surface area contributed by atoms with Crippen LogP contribution in [0.15, 0.2) is 132 Å². The van der Waals surface area contributed by atoms with E-state index in [9.17, 15) is 4.79 Å². The Hall–Kier alpha value is -5.69. The summed E-state index contributed by atoms with van der Waals surface area (Å²) in [5, 5.41) is 8.88. The molecule has 5 aromatic carbocycles. The highest BCUT2D eigenvalue weighted by Gasteiger charge is 2.57. The number of benzene rings is 5. The van der Waals surface area contributed by atoms with Crippen LogP contribution in [0.1, 0.15) is 80.8 Å². The molecule has 0 aliphatic carbocycles. The van der Waals surface area contributed by atoms with E-state index in [0.29, 0.717) is 22.7 Å². The summed E-state index contributed by atoms with van der Waals surface area (Å²) < 4.78 is 18.3. The number of hydrogen-bond acceptors (Lipinski definition) is 7. The van der Waals surface area contributed by atoms with E-state index in [-0.39, 0.29) is 5.41 Å². The van der Waals surface area contributed by atoms with Crippen molar-refractivity contribution in [3.05, 3.63) is 138 Å². The van der Waals surface area contributed by atoms with Gasteiger partial charge in [-0.25, -0.2) is 4.79 Å². The zero-order chi connectivity index (χ0) is 36.8. The summed E-state index contributed by atoms with van der Waals surface area (Å²) in [6, 6.07) is 36.8. The smallest absolute Gasteiger partial charge is 0.343 e. The van der Waals surface area contributed by atoms with Crippen LogP contribution in [0, 0.1) is 0 Å². The number of anilines is 1. The van der Waals surface area contributed by atoms with Crippen LogP contribution in [0.5, 0.6) is 17.2 Å². The van der Waals surface area contributed by atoms with Crippen molar-refractivity contribution in [2.75, 3.05) is 18.6 Å². The van der Waals surface area contributed by atoms with Crippen LogP contribution >= 0.6 is 0 Å². The molecule has 0 amide bonds. The van der Waals surface area contributed by atoms with Gasteiger partial charge >= 0.3 is 5.97 Å². The van der Waals surface area contributed by atoms with Gasteiger partial charge in [0.25, 0.3) is 0 Å². The van der Waals surface area contributed by atoms with E-state index in [2.05, 4.69) is 79.4 Å². The van der Waals surface area contributed by atoms with Gasteiger partial charge in [-0.15, -0.1) is 0 Å². The number of carbonyl (C=O) groups is 1. The first kappa shape index (κ1) is 35.7. The van der Waals surface area contributed by atoms with E-state index < -0.39 is 11.7 Å². The van der Waals surface area contributed by atoms with Gasteiger partial charge in [-0.3, -0.25) is 0 Å². The Morgan fingerprint density at radius 3 is 2.11 bits per heavy atom. The van der Waals surface area contributed by atoms with Crippen molar-refractivity contribution in [3.8, 4) is 28.4 Å². The van der Waals surface area contributed by atoms with Crippen molar-refractivity contribution >= 4 is 29.1 Å². The van der Waals surface area contributed by atoms with E-state index >= 15 is 0 Å². The first-order chi connectivity index (χ1) is 25.8. The van der Waals surface area contributed by atoms with Crippen molar-refractivity contribution in [2.45, 2.75) is 70.4 Å². The number of nitrogens with zero attached hydrogens (tertiary/aromatic N) is 3. The summed E-state index contributed by atoms with van der Waals surface area (Å²) in [6.07, 6.45) is 11.7. The minimum Gasteiger partial charge on any atom is -0.494 e. The third-order valence-electron chi connectivity index (χ3n) is 10.5. The molecule has 7 rings (SSSR count). The Bertz CT molecular complexity index is 2100. The Labute approximate surface area is 313 Å². The van der Waals surface area contributed by atoms with Gasteiger partial charge in [0, 0.05) is 18.3 Å². The Morgan fingerprint density at radius 1 is 0.736 bits per heavy atom. The molecule has 0 saturated heterocycles. The Kier molecular flexibility index (Phi) is 10.4. The maximum Gasteiger partial charge on any atom is 0.343 e. The lowest BCUT2D eigenvalue weighted by Gasteiger charge is -2.45. The number of ether oxygens (including phenoxy) is 3. The van der Waals surface area contributed by atoms with Crippen LogP contribution in [0.3, 0.4) is 0 Å². The van der Waals surface area contributed by atoms with Crippen LogP contribution in [-0.4, -0.2) is 25.3 Å². The summed E-state index contributed by atoms with van der Waals surface area (Å²) in [4.78, 5) is 15.1. The normalized spacial score (nSPS) is 16.7. The second-order valence-electron chi connectivity index (χ2n) is 14.4. The molecule has 0 radical (unpaired) electrons. The van der Waals surface area contributed by atoms with E-state index in [4.69, 9.17) is 14.2 Å². The predicted molar refractivity (Wildman–Crippen MR) is 213 cm³/mol. The van der Waals surface area contributed by atoms with Gasteiger partial charge in [0.05, 0.1) is 29.0 Å². The third-order valence-corrected chi connectivity index (χ3v) is 10.5. The minimum absolute atomic E-state index is 0.258. The van der Waals surface area contributed by atoms with Crippen LogP contribution in [-0.2, 0) is 5.41 Å². The standard InChI is InChI=1S/C46H47N3O4/c1-5-6-7-8-9-12-31-51-39-24-19-34(20-25-39)33-15-17-35(18-16-33)44(50)52-40-26-21-37(22-27-40)47-48-38-23-28-43-36(32-38)29-30-46(53-43)45(2,3)41-13-10-11-14-42(41)49(46)4/h10-11,13-30,32H,5-9,12,31H2,1-4H3. The number of unbranched alkanes of at least 4 members (excludes halogenated alkanes) is 5. The van der Waals surface area contributed by atoms with E-state index in [1.165, 1.54) is 43.4 Å². The highest BCUT2D eigenvalue weighted by Crippen LogP contribution is 2.54. The van der Waals surface area contributed by atoms with E-state index in [0.717, 1.165) is 41.2 Å². The van der Waals surface area contributed by atoms with Gasteiger partial charge in [-0.05, 0) is 122 Å². The average Bonchev–Trinajstić information content (AvgIpc) is 3.35. The topological polar surface area (TPSA) is 72.7 Å². The SMILES string of the molecule is CCCCCCCCOc1ccc(-c2ccc(C(=O)Oc3ccc(N=Nc4ccc5c(c4)C=CC4(O5)N(C)c5ccccc5C4(C)C)cc3)cc2)cc1. The minimum atomic E-state index is -0.628. The average molecular weight is 706 g/mol. The molecule has 1 unspecified atom stereocenters. The summed E-state index contributed by atoms with van der Waals surface area (Å²) in [7, 11) is 2.09. The zero-order valence-electron chi connectivity index (χ0n) is 31.0. The molecule has 5 aromatic rings. The van der Waals surface area contributed by atoms with Crippen molar-refractivity contribution < 1.29 is 19.0 Å². The van der Waals surface area contributed by atoms with Crippen molar-refractivity contribution in [2.24, 2.45) is 10.2 Å². The van der Waals surface area contributed by atoms with Gasteiger partial charge in [-0.1, -0.05) is 81.5 Å². The van der Waals surface area contributed by atoms with Crippen molar-refractivity contribution in [3.63, 3.8) is 0 Å². The lowest BCUT2D eigenvalue weighted by atomic mass is 9.76. The molecular weight excluding hydrogens is 659 g/mol. The van der Waals surface area contributed by atoms with Crippen LogP contribution in [0.4, 0.5) is 17.1 Å². The van der Waals surface area contributed by atoms with Gasteiger partial charge in [0.15, 0.2) is 0 Å². The van der Waals surface area contributed by atoms with Crippen LogP contribution in [0.25, 0.3) is 17.2 Å². The number of carbonyl (C=O) groups excluding carboxylic acids is 1. The van der Waals surface area contributed by atoms with Crippen LogP contribution in [0.2, 0.25) is 0 Å². The molecule has 7 nitrogen and oxygen atoms in total. The number of hydrogen-bond donors (Lipinski definition) is 0. The summed E-state index contributed by atoms with van der Waals surface area (Å²) >= 11 is 0. The molecular formula is C46H47N3O4. The number of fused-ring (bicyclic) bond motifs is 2. The molecule has 2 aliphatic rings. The lowest BCUT2D eigenvalue weighted by Crippen LogP contribution is -2.58. The second-order valence-corrected chi connectivity index (χ2v) is 14.4. The molecule has 53 heavy (non-hydrogen) atoms. The summed E-state index contributed by atoms with van der Waals surface area (Å²) in [6.45, 7) is 7.43. The van der Waals surface area contributed by atoms with Crippen molar-refractivity contribution in [1.82, 2.24) is 0 Å². The molecule has 1 spiro atoms. The molecule has 0 fully saturated rings. The molecule has 0 aromatic heterocycles. The molecule has 0 bridgehead atoms. The lowest BCUT2D eigenvalue weighted by molar-refractivity contribution is 0.0582. The van der Waals surface area contributed by atoms with Crippen LogP contribution < -0.4 is 19.1 Å². The van der Waals surface area contributed by atoms with Gasteiger partial charge < -0.3 is 19.1 Å². The molecule has 2 aliphatic heterocycles. The van der Waals surface area contributed by atoms with Crippen molar-refractivity contribution in [1.29, 1.82) is 0 Å². The summed E-state index contributed by atoms with van der Waals surface area (Å²) in [5.41, 5.74) is 6.40. The van der Waals surface area contributed by atoms with E-state index in [1.54, 1.807) is 36.4 Å². The molecule has 270 valence electrons. The Balaban J connectivity index is 0.914. The number of likely N-dealkylation sites (N-methyl/N-ethyl adjacent to an activating group) is 1. The highest BCUT2D eigenvalue weighted by molar-refractivity contribution is 5.91. The highest BCUT2D eigenvalue weighted by atomic mass is 16.5.